The highest BCUT2D eigenvalue weighted by atomic mass is 32.1. The molecule has 0 spiro atoms. The molecule has 115 valence electrons. The van der Waals surface area contributed by atoms with Crippen molar-refractivity contribution in [2.75, 3.05) is 26.2 Å². The number of amides is 1. The second-order valence-electron chi connectivity index (χ2n) is 5.96. The van der Waals surface area contributed by atoms with Crippen LogP contribution >= 0.6 is 11.3 Å². The van der Waals surface area contributed by atoms with Crippen molar-refractivity contribution in [3.63, 3.8) is 0 Å². The summed E-state index contributed by atoms with van der Waals surface area (Å²) in [6, 6.07) is 9.79. The molecule has 1 aromatic carbocycles. The Bertz CT molecular complexity index is 762. The third-order valence-electron chi connectivity index (χ3n) is 4.39. The fourth-order valence-corrected chi connectivity index (χ4v) is 3.90. The number of rotatable bonds is 1. The minimum Gasteiger partial charge on any atom is -0.337 e. The molecule has 4 nitrogen and oxygen atoms in total. The van der Waals surface area contributed by atoms with E-state index in [2.05, 4.69) is 22.1 Å². The zero-order valence-electron chi connectivity index (χ0n) is 12.6. The first kappa shape index (κ1) is 14.4. The Morgan fingerprint density at radius 1 is 1.13 bits per heavy atom. The monoisotopic (exact) mass is 322 g/mol. The van der Waals surface area contributed by atoms with Gasteiger partial charge in [0.15, 0.2) is 5.01 Å². The van der Waals surface area contributed by atoms with Crippen molar-refractivity contribution in [1.29, 1.82) is 0 Å². The molecule has 2 aromatic rings. The minimum atomic E-state index is 0.0876. The second-order valence-corrected chi connectivity index (χ2v) is 7.00. The van der Waals surface area contributed by atoms with Gasteiger partial charge in [-0.3, -0.25) is 4.79 Å². The van der Waals surface area contributed by atoms with Crippen LogP contribution in [0.5, 0.6) is 0 Å². The molecule has 2 saturated heterocycles. The molecule has 0 saturated carbocycles. The fourth-order valence-electron chi connectivity index (χ4n) is 3.16. The Kier molecular flexibility index (Phi) is 3.86. The molecule has 2 fully saturated rings. The first-order valence-electron chi connectivity index (χ1n) is 7.75. The molecule has 3 heterocycles. The van der Waals surface area contributed by atoms with Gasteiger partial charge in [-0.1, -0.05) is 24.1 Å². The predicted octanol–water partition coefficient (Wildman–Crippen LogP) is 1.85. The summed E-state index contributed by atoms with van der Waals surface area (Å²) in [6.45, 7) is 3.47. The van der Waals surface area contributed by atoms with Crippen molar-refractivity contribution < 1.29 is 4.79 Å². The van der Waals surface area contributed by atoms with Gasteiger partial charge in [-0.05, 0) is 29.9 Å². The molecule has 1 amide bonds. The predicted molar refractivity (Wildman–Crippen MR) is 89.3 cm³/mol. The summed E-state index contributed by atoms with van der Waals surface area (Å²) in [4.78, 5) is 19.5. The van der Waals surface area contributed by atoms with Gasteiger partial charge in [0.1, 0.15) is 4.88 Å². The van der Waals surface area contributed by atoms with Crippen LogP contribution in [0.2, 0.25) is 0 Å². The third-order valence-corrected chi connectivity index (χ3v) is 5.30. The van der Waals surface area contributed by atoms with Gasteiger partial charge < -0.3 is 4.90 Å². The SMILES string of the molecule is O=C(c1cnc(C#Cc2ccccc2)s1)N1CC2C[N]CC2C1. The number of hydrogen-bond donors (Lipinski definition) is 0. The molecule has 0 N–H and O–H groups in total. The average Bonchev–Trinajstić information content (AvgIpc) is 3.28. The summed E-state index contributed by atoms with van der Waals surface area (Å²) in [5, 5.41) is 5.11. The molecule has 2 aliphatic heterocycles. The zero-order valence-corrected chi connectivity index (χ0v) is 13.4. The van der Waals surface area contributed by atoms with Crippen LogP contribution in [-0.2, 0) is 0 Å². The maximum Gasteiger partial charge on any atom is 0.265 e. The topological polar surface area (TPSA) is 47.3 Å². The van der Waals surface area contributed by atoms with Crippen molar-refractivity contribution in [2.45, 2.75) is 0 Å². The molecular formula is C18H16N3OS. The second kappa shape index (κ2) is 6.15. The third kappa shape index (κ3) is 3.00. The number of carbonyl (C=O) groups is 1. The lowest BCUT2D eigenvalue weighted by molar-refractivity contribution is 0.0786. The van der Waals surface area contributed by atoms with Crippen LogP contribution in [0.3, 0.4) is 0 Å². The summed E-state index contributed by atoms with van der Waals surface area (Å²) >= 11 is 1.38. The van der Waals surface area contributed by atoms with E-state index in [-0.39, 0.29) is 5.91 Å². The van der Waals surface area contributed by atoms with Crippen LogP contribution in [0.4, 0.5) is 0 Å². The molecule has 2 aliphatic rings. The van der Waals surface area contributed by atoms with Gasteiger partial charge in [-0.2, -0.15) is 0 Å². The van der Waals surface area contributed by atoms with Gasteiger partial charge in [0, 0.05) is 31.7 Å². The van der Waals surface area contributed by atoms with E-state index in [1.165, 1.54) is 11.3 Å². The standard InChI is InChI=1S/C18H16N3OS/c22-18(21-11-14-8-19-9-15(14)12-21)16-10-20-17(23-16)7-6-13-4-2-1-3-5-13/h1-5,10,14-15H,8-9,11-12H2. The van der Waals surface area contributed by atoms with Crippen LogP contribution < -0.4 is 5.32 Å². The van der Waals surface area contributed by atoms with Gasteiger partial charge in [-0.25, -0.2) is 10.3 Å². The highest BCUT2D eigenvalue weighted by Crippen LogP contribution is 2.29. The van der Waals surface area contributed by atoms with Crippen LogP contribution in [0.25, 0.3) is 0 Å². The van der Waals surface area contributed by atoms with E-state index in [9.17, 15) is 4.79 Å². The van der Waals surface area contributed by atoms with E-state index in [0.29, 0.717) is 21.7 Å². The van der Waals surface area contributed by atoms with Crippen LogP contribution in [0.15, 0.2) is 36.5 Å². The Morgan fingerprint density at radius 3 is 2.61 bits per heavy atom. The maximum atomic E-state index is 12.6. The molecule has 1 aromatic heterocycles. The van der Waals surface area contributed by atoms with Crippen molar-refractivity contribution in [3.05, 3.63) is 52.0 Å². The summed E-state index contributed by atoms with van der Waals surface area (Å²) in [5.74, 6) is 7.32. The smallest absolute Gasteiger partial charge is 0.265 e. The molecule has 1 radical (unpaired) electrons. The minimum absolute atomic E-state index is 0.0876. The van der Waals surface area contributed by atoms with Crippen molar-refractivity contribution >= 4 is 17.2 Å². The quantitative estimate of drug-likeness (QED) is 0.752. The van der Waals surface area contributed by atoms with Crippen LogP contribution in [-0.4, -0.2) is 42.0 Å². The van der Waals surface area contributed by atoms with E-state index >= 15 is 0 Å². The van der Waals surface area contributed by atoms with Gasteiger partial charge >= 0.3 is 0 Å². The number of fused-ring (bicyclic) bond motifs is 1. The Labute approximate surface area is 139 Å². The Balaban J connectivity index is 1.46. The van der Waals surface area contributed by atoms with Gasteiger partial charge in [0.2, 0.25) is 0 Å². The molecule has 0 aliphatic carbocycles. The van der Waals surface area contributed by atoms with E-state index in [0.717, 1.165) is 31.7 Å². The molecule has 2 unspecified atom stereocenters. The largest absolute Gasteiger partial charge is 0.337 e. The number of carbonyl (C=O) groups excluding carboxylic acids is 1. The van der Waals surface area contributed by atoms with Crippen molar-refractivity contribution in [3.8, 4) is 11.8 Å². The fraction of sp³-hybridized carbons (Fsp3) is 0.333. The zero-order chi connectivity index (χ0) is 15.6. The van der Waals surface area contributed by atoms with Crippen LogP contribution in [0, 0.1) is 23.7 Å². The summed E-state index contributed by atoms with van der Waals surface area (Å²) in [6.07, 6.45) is 1.65. The Hall–Kier alpha value is -2.16. The summed E-state index contributed by atoms with van der Waals surface area (Å²) in [5.41, 5.74) is 0.951. The normalized spacial score (nSPS) is 22.5. The highest BCUT2D eigenvalue weighted by molar-refractivity contribution is 7.14. The molecule has 0 bridgehead atoms. The Morgan fingerprint density at radius 2 is 1.87 bits per heavy atom. The number of benzene rings is 1. The lowest BCUT2D eigenvalue weighted by atomic mass is 10.0. The average molecular weight is 322 g/mol. The number of likely N-dealkylation sites (tertiary alicyclic amines) is 1. The summed E-state index contributed by atoms with van der Waals surface area (Å²) in [7, 11) is 0. The molecule has 4 rings (SSSR count). The van der Waals surface area contributed by atoms with Gasteiger partial charge in [-0.15, -0.1) is 11.3 Å². The first-order valence-corrected chi connectivity index (χ1v) is 8.56. The number of aromatic nitrogens is 1. The summed E-state index contributed by atoms with van der Waals surface area (Å²) < 4.78 is 0. The molecule has 23 heavy (non-hydrogen) atoms. The molecular weight excluding hydrogens is 306 g/mol. The van der Waals surface area contributed by atoms with Gasteiger partial charge in [0.25, 0.3) is 5.91 Å². The number of thiazole rings is 1. The van der Waals surface area contributed by atoms with E-state index in [4.69, 9.17) is 0 Å². The first-order chi connectivity index (χ1) is 11.3. The van der Waals surface area contributed by atoms with E-state index in [1.54, 1.807) is 6.20 Å². The molecule has 2 atom stereocenters. The lowest BCUT2D eigenvalue weighted by Gasteiger charge is -2.15. The van der Waals surface area contributed by atoms with Crippen LogP contribution in [0.1, 0.15) is 20.2 Å². The maximum absolute atomic E-state index is 12.6. The highest BCUT2D eigenvalue weighted by Gasteiger charge is 2.39. The number of nitrogens with zero attached hydrogens (tertiary/aromatic N) is 3. The lowest BCUT2D eigenvalue weighted by Crippen LogP contribution is -2.30. The number of hydrogen-bond acceptors (Lipinski definition) is 3. The van der Waals surface area contributed by atoms with Gasteiger partial charge in [0.05, 0.1) is 6.20 Å². The van der Waals surface area contributed by atoms with Crippen molar-refractivity contribution in [2.24, 2.45) is 11.8 Å². The molecule has 5 heteroatoms. The van der Waals surface area contributed by atoms with E-state index in [1.807, 2.05) is 35.2 Å². The van der Waals surface area contributed by atoms with Crippen molar-refractivity contribution in [1.82, 2.24) is 15.2 Å². The van der Waals surface area contributed by atoms with E-state index < -0.39 is 0 Å².